The number of nitrogens with one attached hydrogen (secondary N) is 2. The lowest BCUT2D eigenvalue weighted by molar-refractivity contribution is -0.143. The molecule has 0 fully saturated rings. The summed E-state index contributed by atoms with van der Waals surface area (Å²) in [5, 5.41) is 5.78. The molecule has 7 heteroatoms. The Labute approximate surface area is 230 Å². The van der Waals surface area contributed by atoms with Crippen molar-refractivity contribution in [3.05, 3.63) is 42.0 Å². The van der Waals surface area contributed by atoms with Gasteiger partial charge in [-0.15, -0.1) is 0 Å². The molecule has 2 N–H and O–H groups in total. The van der Waals surface area contributed by atoms with E-state index in [0.29, 0.717) is 12.1 Å². The highest BCUT2D eigenvalue weighted by Gasteiger charge is 2.37. The molecule has 0 aliphatic heterocycles. The number of alkyl carbamates (subject to hydrolysis) is 1. The van der Waals surface area contributed by atoms with Gasteiger partial charge in [-0.25, -0.2) is 4.79 Å². The van der Waals surface area contributed by atoms with Crippen molar-refractivity contribution < 1.29 is 19.1 Å². The SMILES string of the molecule is C=Cc1cccc(C(C(=O)NC(C)C)N(CCCCCCCC)C(=O)C(NC(=O)OC(C)(C)C)C(C)C)c1. The Hall–Kier alpha value is -2.83. The molecule has 214 valence electrons. The van der Waals surface area contributed by atoms with Crippen LogP contribution in [0.1, 0.15) is 111 Å². The number of nitrogens with zero attached hydrogens (tertiary/aromatic N) is 1. The Morgan fingerprint density at radius 2 is 1.63 bits per heavy atom. The van der Waals surface area contributed by atoms with Gasteiger partial charge >= 0.3 is 6.09 Å². The Morgan fingerprint density at radius 1 is 1.00 bits per heavy atom. The number of benzene rings is 1. The Balaban J connectivity index is 3.44. The topological polar surface area (TPSA) is 87.7 Å². The summed E-state index contributed by atoms with van der Waals surface area (Å²) >= 11 is 0. The lowest BCUT2D eigenvalue weighted by Gasteiger charge is -2.36. The highest BCUT2D eigenvalue weighted by Crippen LogP contribution is 2.26. The molecule has 0 saturated heterocycles. The molecule has 0 aliphatic rings. The monoisotopic (exact) mass is 529 g/mol. The van der Waals surface area contributed by atoms with Crippen molar-refractivity contribution in [3.63, 3.8) is 0 Å². The maximum absolute atomic E-state index is 14.2. The third-order valence-corrected chi connectivity index (χ3v) is 6.09. The molecule has 2 unspecified atom stereocenters. The van der Waals surface area contributed by atoms with Gasteiger partial charge < -0.3 is 20.3 Å². The van der Waals surface area contributed by atoms with E-state index in [1.807, 2.05) is 52.0 Å². The number of unbranched alkanes of at least 4 members (excludes halogenated alkanes) is 5. The minimum absolute atomic E-state index is 0.0978. The van der Waals surface area contributed by atoms with Gasteiger partial charge in [-0.3, -0.25) is 9.59 Å². The third-order valence-electron chi connectivity index (χ3n) is 6.09. The highest BCUT2D eigenvalue weighted by molar-refractivity contribution is 5.92. The van der Waals surface area contributed by atoms with Crippen molar-refractivity contribution in [1.82, 2.24) is 15.5 Å². The molecule has 2 atom stereocenters. The van der Waals surface area contributed by atoms with Crippen molar-refractivity contribution in [1.29, 1.82) is 0 Å². The fraction of sp³-hybridized carbons (Fsp3) is 0.645. The lowest BCUT2D eigenvalue weighted by Crippen LogP contribution is -2.55. The van der Waals surface area contributed by atoms with E-state index >= 15 is 0 Å². The number of rotatable bonds is 15. The fourth-order valence-electron chi connectivity index (χ4n) is 4.25. The molecule has 0 spiro atoms. The summed E-state index contributed by atoms with van der Waals surface area (Å²) in [4.78, 5) is 42.1. The van der Waals surface area contributed by atoms with Crippen LogP contribution in [-0.4, -0.2) is 47.0 Å². The first-order valence-electron chi connectivity index (χ1n) is 14.1. The standard InChI is InChI=1S/C31H51N3O4/c1-10-12-13-14-15-16-20-34(29(36)26(22(3)4)33-30(37)38-31(7,8)9)27(28(35)32-23(5)6)25-19-17-18-24(11-2)21-25/h11,17-19,21-23,26-27H,2,10,12-16,20H2,1,3-9H3,(H,32,35)(H,33,37). The molecule has 0 aromatic heterocycles. The van der Waals surface area contributed by atoms with E-state index in [2.05, 4.69) is 24.1 Å². The van der Waals surface area contributed by atoms with Crippen LogP contribution in [0.2, 0.25) is 0 Å². The van der Waals surface area contributed by atoms with Crippen LogP contribution >= 0.6 is 0 Å². The van der Waals surface area contributed by atoms with Crippen LogP contribution in [0.5, 0.6) is 0 Å². The molecule has 1 rings (SSSR count). The Kier molecular flexibility index (Phi) is 14.2. The van der Waals surface area contributed by atoms with Crippen LogP contribution in [0.3, 0.4) is 0 Å². The molecular weight excluding hydrogens is 478 g/mol. The minimum atomic E-state index is -0.845. The van der Waals surface area contributed by atoms with E-state index in [1.54, 1.807) is 31.7 Å². The van der Waals surface area contributed by atoms with Crippen LogP contribution in [0.15, 0.2) is 30.8 Å². The largest absolute Gasteiger partial charge is 0.444 e. The Bertz CT molecular complexity index is 905. The van der Waals surface area contributed by atoms with Crippen molar-refractivity contribution in [3.8, 4) is 0 Å². The van der Waals surface area contributed by atoms with Crippen molar-refractivity contribution in [2.24, 2.45) is 5.92 Å². The maximum atomic E-state index is 14.2. The summed E-state index contributed by atoms with van der Waals surface area (Å²) < 4.78 is 5.45. The number of carbonyl (C=O) groups is 3. The van der Waals surface area contributed by atoms with Crippen LogP contribution in [-0.2, 0) is 14.3 Å². The normalized spacial score (nSPS) is 13.1. The second-order valence-electron chi connectivity index (χ2n) is 11.6. The molecule has 1 aromatic rings. The lowest BCUT2D eigenvalue weighted by atomic mass is 9.97. The highest BCUT2D eigenvalue weighted by atomic mass is 16.6. The second-order valence-corrected chi connectivity index (χ2v) is 11.6. The summed E-state index contributed by atoms with van der Waals surface area (Å²) in [6, 6.07) is 5.75. The Morgan fingerprint density at radius 3 is 2.18 bits per heavy atom. The number of hydrogen-bond acceptors (Lipinski definition) is 4. The fourth-order valence-corrected chi connectivity index (χ4v) is 4.25. The molecule has 38 heavy (non-hydrogen) atoms. The van der Waals surface area contributed by atoms with Gasteiger partial charge in [0.1, 0.15) is 17.7 Å². The summed E-state index contributed by atoms with van der Waals surface area (Å²) in [6.45, 7) is 19.3. The molecule has 0 bridgehead atoms. The zero-order valence-corrected chi connectivity index (χ0v) is 24.9. The minimum Gasteiger partial charge on any atom is -0.444 e. The summed E-state index contributed by atoms with van der Waals surface area (Å²) in [5.74, 6) is -0.761. The van der Waals surface area contributed by atoms with Gasteiger partial charge in [-0.1, -0.05) is 83.7 Å². The summed E-state index contributed by atoms with van der Waals surface area (Å²) in [5.41, 5.74) is 0.876. The van der Waals surface area contributed by atoms with Gasteiger partial charge in [0.05, 0.1) is 0 Å². The molecule has 0 heterocycles. The molecule has 7 nitrogen and oxygen atoms in total. The van der Waals surface area contributed by atoms with Crippen LogP contribution in [0.25, 0.3) is 6.08 Å². The zero-order valence-electron chi connectivity index (χ0n) is 24.9. The number of ether oxygens (including phenoxy) is 1. The van der Waals surface area contributed by atoms with Crippen LogP contribution < -0.4 is 10.6 Å². The molecule has 3 amide bonds. The quantitative estimate of drug-likeness (QED) is 0.250. The second kappa shape index (κ2) is 16.2. The maximum Gasteiger partial charge on any atom is 0.408 e. The van der Waals surface area contributed by atoms with E-state index in [4.69, 9.17) is 4.74 Å². The van der Waals surface area contributed by atoms with Gasteiger partial charge in [0.25, 0.3) is 0 Å². The molecule has 0 aliphatic carbocycles. The molecule has 0 saturated carbocycles. The first-order chi connectivity index (χ1) is 17.8. The van der Waals surface area contributed by atoms with E-state index in [1.165, 1.54) is 6.42 Å². The van der Waals surface area contributed by atoms with Gasteiger partial charge in [0.2, 0.25) is 11.8 Å². The predicted octanol–water partition coefficient (Wildman–Crippen LogP) is 6.63. The summed E-state index contributed by atoms with van der Waals surface area (Å²) in [6.07, 6.45) is 7.37. The first-order valence-corrected chi connectivity index (χ1v) is 14.1. The average Bonchev–Trinajstić information content (AvgIpc) is 2.81. The van der Waals surface area contributed by atoms with Gasteiger partial charge in [0.15, 0.2) is 0 Å². The zero-order chi connectivity index (χ0) is 28.9. The third kappa shape index (κ3) is 11.7. The van der Waals surface area contributed by atoms with E-state index in [0.717, 1.165) is 37.7 Å². The van der Waals surface area contributed by atoms with Gasteiger partial charge in [-0.2, -0.15) is 0 Å². The van der Waals surface area contributed by atoms with Crippen LogP contribution in [0, 0.1) is 5.92 Å². The van der Waals surface area contributed by atoms with Crippen LogP contribution in [0.4, 0.5) is 4.79 Å². The molecular formula is C31H51N3O4. The van der Waals surface area contributed by atoms with E-state index < -0.39 is 23.8 Å². The van der Waals surface area contributed by atoms with Gasteiger partial charge in [0, 0.05) is 12.6 Å². The van der Waals surface area contributed by atoms with Crippen molar-refractivity contribution in [2.45, 2.75) is 118 Å². The van der Waals surface area contributed by atoms with E-state index in [9.17, 15) is 14.4 Å². The number of amides is 3. The van der Waals surface area contributed by atoms with Crippen molar-refractivity contribution in [2.75, 3.05) is 6.54 Å². The summed E-state index contributed by atoms with van der Waals surface area (Å²) in [7, 11) is 0. The molecule has 0 radical (unpaired) electrons. The predicted molar refractivity (Wildman–Crippen MR) is 156 cm³/mol. The number of carbonyl (C=O) groups excluding carboxylic acids is 3. The van der Waals surface area contributed by atoms with Crippen molar-refractivity contribution >= 4 is 24.0 Å². The molecule has 1 aromatic carbocycles. The van der Waals surface area contributed by atoms with Gasteiger partial charge in [-0.05, 0) is 64.2 Å². The first kappa shape index (κ1) is 33.2. The number of hydrogen-bond donors (Lipinski definition) is 2. The smallest absolute Gasteiger partial charge is 0.408 e. The average molecular weight is 530 g/mol. The van der Waals surface area contributed by atoms with E-state index in [-0.39, 0.29) is 23.8 Å².